The summed E-state index contributed by atoms with van der Waals surface area (Å²) in [5.41, 5.74) is 3.53. The predicted octanol–water partition coefficient (Wildman–Crippen LogP) is 1.63. The summed E-state index contributed by atoms with van der Waals surface area (Å²) in [5.74, 6) is 7.46. The second-order valence-corrected chi connectivity index (χ2v) is 4.68. The van der Waals surface area contributed by atoms with Gasteiger partial charge in [-0.3, -0.25) is 0 Å². The summed E-state index contributed by atoms with van der Waals surface area (Å²) >= 11 is 0. The van der Waals surface area contributed by atoms with Crippen LogP contribution >= 0.6 is 0 Å². The molecule has 1 aromatic heterocycles. The Kier molecular flexibility index (Phi) is 3.76. The maximum Gasteiger partial charge on any atom is 0.163 e. The number of rotatable bonds is 4. The van der Waals surface area contributed by atoms with Crippen molar-refractivity contribution in [3.05, 3.63) is 36.4 Å². The van der Waals surface area contributed by atoms with Gasteiger partial charge < -0.3 is 15.5 Å². The molecule has 1 atom stereocenters. The second kappa shape index (κ2) is 5.85. The van der Waals surface area contributed by atoms with E-state index in [1.807, 2.05) is 30.3 Å². The molecule has 1 aromatic carbocycles. The first-order chi connectivity index (χ1) is 9.85. The third kappa shape index (κ3) is 2.87. The summed E-state index contributed by atoms with van der Waals surface area (Å²) in [6, 6.07) is 11.9. The number of hydrogen-bond donors (Lipinski definition) is 3. The minimum atomic E-state index is 0.291. The Morgan fingerprint density at radius 2 is 1.95 bits per heavy atom. The van der Waals surface area contributed by atoms with Crippen LogP contribution in [0.2, 0.25) is 0 Å². The molecule has 1 fully saturated rings. The van der Waals surface area contributed by atoms with Crippen LogP contribution < -0.4 is 16.6 Å². The van der Waals surface area contributed by atoms with Gasteiger partial charge in [0.25, 0.3) is 0 Å². The zero-order valence-electron chi connectivity index (χ0n) is 11.0. The van der Waals surface area contributed by atoms with Gasteiger partial charge in [0.05, 0.1) is 12.6 Å². The van der Waals surface area contributed by atoms with Crippen molar-refractivity contribution in [1.29, 1.82) is 0 Å². The lowest BCUT2D eigenvalue weighted by Gasteiger charge is -2.13. The third-order valence-electron chi connectivity index (χ3n) is 3.19. The molecule has 6 heteroatoms. The fourth-order valence-electron chi connectivity index (χ4n) is 2.17. The standard InChI is InChI=1S/C14H17N5O/c15-19-13-8-12(16-11-6-7-20-9-11)17-14(18-13)10-4-2-1-3-5-10/h1-5,8,11H,6-7,9,15H2,(H2,16,17,18,19). The van der Waals surface area contributed by atoms with Gasteiger partial charge in [-0.2, -0.15) is 0 Å². The van der Waals surface area contributed by atoms with Crippen LogP contribution in [0.3, 0.4) is 0 Å². The van der Waals surface area contributed by atoms with E-state index in [-0.39, 0.29) is 0 Å². The number of nitrogens with zero attached hydrogens (tertiary/aromatic N) is 2. The Labute approximate surface area is 117 Å². The lowest BCUT2D eigenvalue weighted by atomic mass is 10.2. The molecule has 0 aliphatic carbocycles. The first-order valence-electron chi connectivity index (χ1n) is 6.60. The van der Waals surface area contributed by atoms with E-state index in [1.54, 1.807) is 6.07 Å². The number of nitrogens with one attached hydrogen (secondary N) is 2. The van der Waals surface area contributed by atoms with Gasteiger partial charge in [0.1, 0.15) is 11.6 Å². The van der Waals surface area contributed by atoms with Crippen molar-refractivity contribution in [3.63, 3.8) is 0 Å². The minimum Gasteiger partial charge on any atom is -0.379 e. The lowest BCUT2D eigenvalue weighted by Crippen LogP contribution is -2.20. The van der Waals surface area contributed by atoms with Gasteiger partial charge in [0, 0.05) is 18.2 Å². The van der Waals surface area contributed by atoms with E-state index in [2.05, 4.69) is 20.7 Å². The molecular weight excluding hydrogens is 254 g/mol. The summed E-state index contributed by atoms with van der Waals surface area (Å²) in [4.78, 5) is 8.92. The molecule has 0 spiro atoms. The molecule has 1 aliphatic heterocycles. The molecule has 20 heavy (non-hydrogen) atoms. The van der Waals surface area contributed by atoms with Gasteiger partial charge in [0.15, 0.2) is 5.82 Å². The van der Waals surface area contributed by atoms with Crippen LogP contribution in [-0.4, -0.2) is 29.2 Å². The highest BCUT2D eigenvalue weighted by Gasteiger charge is 2.16. The summed E-state index contributed by atoms with van der Waals surface area (Å²) in [6.07, 6.45) is 0.982. The van der Waals surface area contributed by atoms with Crippen molar-refractivity contribution in [3.8, 4) is 11.4 Å². The molecule has 2 heterocycles. The minimum absolute atomic E-state index is 0.291. The van der Waals surface area contributed by atoms with Crippen molar-refractivity contribution in [2.24, 2.45) is 5.84 Å². The molecule has 0 radical (unpaired) electrons. The average molecular weight is 271 g/mol. The normalized spacial score (nSPS) is 17.9. The molecule has 0 bridgehead atoms. The van der Waals surface area contributed by atoms with Crippen LogP contribution in [0.15, 0.2) is 36.4 Å². The highest BCUT2D eigenvalue weighted by atomic mass is 16.5. The van der Waals surface area contributed by atoms with E-state index in [4.69, 9.17) is 10.6 Å². The number of hydrogen-bond acceptors (Lipinski definition) is 6. The highest BCUT2D eigenvalue weighted by molar-refractivity contribution is 5.61. The molecule has 2 aromatic rings. The first-order valence-corrected chi connectivity index (χ1v) is 6.60. The van der Waals surface area contributed by atoms with E-state index in [0.29, 0.717) is 24.3 Å². The van der Waals surface area contributed by atoms with Gasteiger partial charge in [-0.1, -0.05) is 30.3 Å². The smallest absolute Gasteiger partial charge is 0.163 e. The summed E-state index contributed by atoms with van der Waals surface area (Å²) in [5, 5.41) is 3.35. The number of anilines is 2. The number of benzene rings is 1. The number of aromatic nitrogens is 2. The number of hydrazine groups is 1. The molecule has 1 saturated heterocycles. The van der Waals surface area contributed by atoms with Gasteiger partial charge in [-0.15, -0.1) is 0 Å². The van der Waals surface area contributed by atoms with Gasteiger partial charge >= 0.3 is 0 Å². The third-order valence-corrected chi connectivity index (χ3v) is 3.19. The fourth-order valence-corrected chi connectivity index (χ4v) is 2.17. The molecule has 3 rings (SSSR count). The van der Waals surface area contributed by atoms with Crippen LogP contribution in [0, 0.1) is 0 Å². The molecule has 104 valence electrons. The van der Waals surface area contributed by atoms with Crippen molar-refractivity contribution < 1.29 is 4.74 Å². The van der Waals surface area contributed by atoms with Gasteiger partial charge in [0.2, 0.25) is 0 Å². The van der Waals surface area contributed by atoms with E-state index >= 15 is 0 Å². The van der Waals surface area contributed by atoms with Crippen LogP contribution in [0.1, 0.15) is 6.42 Å². The van der Waals surface area contributed by atoms with Crippen molar-refractivity contribution in [1.82, 2.24) is 9.97 Å². The number of nitrogens with two attached hydrogens (primary N) is 1. The molecule has 1 unspecified atom stereocenters. The topological polar surface area (TPSA) is 85.1 Å². The Hall–Kier alpha value is -2.18. The van der Waals surface area contributed by atoms with Gasteiger partial charge in [-0.05, 0) is 6.42 Å². The zero-order chi connectivity index (χ0) is 13.8. The second-order valence-electron chi connectivity index (χ2n) is 4.68. The molecular formula is C14H17N5O. The van der Waals surface area contributed by atoms with E-state index in [0.717, 1.165) is 24.4 Å². The molecule has 1 aliphatic rings. The number of nitrogen functional groups attached to an aromatic ring is 1. The summed E-state index contributed by atoms with van der Waals surface area (Å²) in [7, 11) is 0. The Balaban J connectivity index is 1.90. The van der Waals surface area contributed by atoms with Gasteiger partial charge in [-0.25, -0.2) is 15.8 Å². The Morgan fingerprint density at radius 3 is 2.65 bits per heavy atom. The molecule has 4 N–H and O–H groups in total. The zero-order valence-corrected chi connectivity index (χ0v) is 11.0. The van der Waals surface area contributed by atoms with Crippen LogP contribution in [0.5, 0.6) is 0 Å². The van der Waals surface area contributed by atoms with Crippen molar-refractivity contribution in [2.75, 3.05) is 24.0 Å². The summed E-state index contributed by atoms with van der Waals surface area (Å²) < 4.78 is 5.35. The van der Waals surface area contributed by atoms with Crippen LogP contribution in [0.25, 0.3) is 11.4 Å². The van der Waals surface area contributed by atoms with Crippen molar-refractivity contribution in [2.45, 2.75) is 12.5 Å². The maximum absolute atomic E-state index is 5.48. The SMILES string of the molecule is NNc1cc(NC2CCOC2)nc(-c2ccccc2)n1. The molecule has 0 amide bonds. The quantitative estimate of drug-likeness (QED) is 0.579. The van der Waals surface area contributed by atoms with Crippen LogP contribution in [-0.2, 0) is 4.74 Å². The van der Waals surface area contributed by atoms with E-state index in [1.165, 1.54) is 0 Å². The number of ether oxygens (including phenoxy) is 1. The van der Waals surface area contributed by atoms with Crippen molar-refractivity contribution >= 4 is 11.6 Å². The predicted molar refractivity (Wildman–Crippen MR) is 78.1 cm³/mol. The first kappa shape index (κ1) is 12.8. The summed E-state index contributed by atoms with van der Waals surface area (Å²) in [6.45, 7) is 1.49. The van der Waals surface area contributed by atoms with E-state index in [9.17, 15) is 0 Å². The van der Waals surface area contributed by atoms with Crippen LogP contribution in [0.4, 0.5) is 11.6 Å². The molecule has 0 saturated carbocycles. The largest absolute Gasteiger partial charge is 0.379 e. The lowest BCUT2D eigenvalue weighted by molar-refractivity contribution is 0.195. The molecule has 6 nitrogen and oxygen atoms in total. The monoisotopic (exact) mass is 271 g/mol. The highest BCUT2D eigenvalue weighted by Crippen LogP contribution is 2.21. The maximum atomic E-state index is 5.48. The average Bonchev–Trinajstić information content (AvgIpc) is 3.00. The van der Waals surface area contributed by atoms with E-state index < -0.39 is 0 Å². The Bertz CT molecular complexity index is 569. The fraction of sp³-hybridized carbons (Fsp3) is 0.286. The Morgan fingerprint density at radius 1 is 1.15 bits per heavy atom.